The van der Waals surface area contributed by atoms with Gasteiger partial charge in [0.2, 0.25) is 5.91 Å². The lowest BCUT2D eigenvalue weighted by molar-refractivity contribution is -0.383. The number of halogens is 1. The summed E-state index contributed by atoms with van der Waals surface area (Å²) in [6.45, 7) is 0.123. The van der Waals surface area contributed by atoms with Crippen molar-refractivity contribution < 1.29 is 14.5 Å². The fourth-order valence-corrected chi connectivity index (χ4v) is 1.94. The standard InChI is InChI=1S/C12H15ClN4O4/c1-14-10(18)3-4-16-12(19)7-5-8(13)11(15-2)9(6-7)17(20)21/h5-6,15H,3-4H2,1-2H3,(H,14,18)(H,16,19). The van der Waals surface area contributed by atoms with Crippen LogP contribution in [0.15, 0.2) is 12.1 Å². The molecule has 2 amide bonds. The molecule has 0 radical (unpaired) electrons. The number of nitrogens with one attached hydrogen (secondary N) is 3. The van der Waals surface area contributed by atoms with Crippen molar-refractivity contribution in [2.45, 2.75) is 6.42 Å². The lowest BCUT2D eigenvalue weighted by atomic mass is 10.1. The number of rotatable bonds is 6. The van der Waals surface area contributed by atoms with E-state index in [1.807, 2.05) is 0 Å². The number of anilines is 1. The highest BCUT2D eigenvalue weighted by molar-refractivity contribution is 6.34. The van der Waals surface area contributed by atoms with Crippen LogP contribution in [0.3, 0.4) is 0 Å². The topological polar surface area (TPSA) is 113 Å². The summed E-state index contributed by atoms with van der Waals surface area (Å²) in [6.07, 6.45) is 0.118. The summed E-state index contributed by atoms with van der Waals surface area (Å²) < 4.78 is 0. The molecule has 1 rings (SSSR count). The second-order valence-corrected chi connectivity index (χ2v) is 4.45. The third kappa shape index (κ3) is 4.32. The van der Waals surface area contributed by atoms with Crippen LogP contribution >= 0.6 is 11.6 Å². The molecule has 8 nitrogen and oxygen atoms in total. The summed E-state index contributed by atoms with van der Waals surface area (Å²) in [5.41, 5.74) is -0.0902. The Labute approximate surface area is 126 Å². The van der Waals surface area contributed by atoms with Crippen molar-refractivity contribution >= 4 is 34.8 Å². The predicted octanol–water partition coefficient (Wildman–Crippen LogP) is 1.16. The van der Waals surface area contributed by atoms with Crippen molar-refractivity contribution in [2.75, 3.05) is 26.0 Å². The third-order valence-electron chi connectivity index (χ3n) is 2.69. The van der Waals surface area contributed by atoms with Gasteiger partial charge < -0.3 is 16.0 Å². The number of hydrogen-bond acceptors (Lipinski definition) is 5. The third-order valence-corrected chi connectivity index (χ3v) is 2.99. The van der Waals surface area contributed by atoms with E-state index in [1.165, 1.54) is 20.2 Å². The molecule has 0 aliphatic carbocycles. The molecule has 1 aromatic rings. The van der Waals surface area contributed by atoms with Crippen LogP contribution in [0.1, 0.15) is 16.8 Å². The van der Waals surface area contributed by atoms with Gasteiger partial charge in [0.25, 0.3) is 11.6 Å². The summed E-state index contributed by atoms with van der Waals surface area (Å²) in [7, 11) is 2.99. The number of nitro groups is 1. The maximum Gasteiger partial charge on any atom is 0.294 e. The van der Waals surface area contributed by atoms with Crippen LogP contribution in [0.4, 0.5) is 11.4 Å². The Morgan fingerprint density at radius 1 is 1.33 bits per heavy atom. The normalized spacial score (nSPS) is 9.86. The second-order valence-electron chi connectivity index (χ2n) is 4.04. The number of amides is 2. The molecule has 114 valence electrons. The van der Waals surface area contributed by atoms with E-state index in [0.29, 0.717) is 0 Å². The van der Waals surface area contributed by atoms with Crippen molar-refractivity contribution in [3.63, 3.8) is 0 Å². The van der Waals surface area contributed by atoms with Crippen molar-refractivity contribution in [3.8, 4) is 0 Å². The Balaban J connectivity index is 2.90. The van der Waals surface area contributed by atoms with Gasteiger partial charge in [-0.25, -0.2) is 0 Å². The number of benzene rings is 1. The predicted molar refractivity (Wildman–Crippen MR) is 78.7 cm³/mol. The molecule has 9 heteroatoms. The molecule has 0 fully saturated rings. The summed E-state index contributed by atoms with van der Waals surface area (Å²) in [6, 6.07) is 2.46. The van der Waals surface area contributed by atoms with E-state index in [1.54, 1.807) is 0 Å². The molecule has 0 heterocycles. The van der Waals surface area contributed by atoms with Gasteiger partial charge in [-0.2, -0.15) is 0 Å². The molecular formula is C12H15ClN4O4. The Morgan fingerprint density at radius 2 is 2.00 bits per heavy atom. The van der Waals surface area contributed by atoms with E-state index < -0.39 is 10.8 Å². The number of nitrogens with zero attached hydrogens (tertiary/aromatic N) is 1. The van der Waals surface area contributed by atoms with E-state index in [2.05, 4.69) is 16.0 Å². The molecule has 1 aromatic carbocycles. The first kappa shape index (κ1) is 16.7. The van der Waals surface area contributed by atoms with E-state index >= 15 is 0 Å². The number of carbonyl (C=O) groups excluding carboxylic acids is 2. The zero-order valence-electron chi connectivity index (χ0n) is 11.5. The SMILES string of the molecule is CNC(=O)CCNC(=O)c1cc(Cl)c(NC)c([N+](=O)[O-])c1. The summed E-state index contributed by atoms with van der Waals surface area (Å²) >= 11 is 5.92. The van der Waals surface area contributed by atoms with Gasteiger partial charge >= 0.3 is 0 Å². The second kappa shape index (κ2) is 7.44. The average molecular weight is 315 g/mol. The molecule has 0 aromatic heterocycles. The molecule has 0 atom stereocenters. The van der Waals surface area contributed by atoms with Crippen LogP contribution in [0.5, 0.6) is 0 Å². The first-order valence-electron chi connectivity index (χ1n) is 6.05. The van der Waals surface area contributed by atoms with Gasteiger partial charge in [0.1, 0.15) is 5.69 Å². The Hall–Kier alpha value is -2.35. The zero-order chi connectivity index (χ0) is 16.0. The quantitative estimate of drug-likeness (QED) is 0.538. The molecule has 3 N–H and O–H groups in total. The molecule has 0 aliphatic rings. The van der Waals surface area contributed by atoms with Crippen molar-refractivity contribution in [1.82, 2.24) is 10.6 Å². The van der Waals surface area contributed by atoms with Crippen molar-refractivity contribution in [1.29, 1.82) is 0 Å². The minimum atomic E-state index is -0.626. The lowest BCUT2D eigenvalue weighted by Gasteiger charge is -2.08. The monoisotopic (exact) mass is 314 g/mol. The summed E-state index contributed by atoms with van der Waals surface area (Å²) in [5.74, 6) is -0.753. The fraction of sp³-hybridized carbons (Fsp3) is 0.333. The lowest BCUT2D eigenvalue weighted by Crippen LogP contribution is -2.29. The van der Waals surface area contributed by atoms with Gasteiger partial charge in [-0.15, -0.1) is 0 Å². The number of carbonyl (C=O) groups is 2. The van der Waals surface area contributed by atoms with Crippen LogP contribution in [0.2, 0.25) is 5.02 Å². The Morgan fingerprint density at radius 3 is 2.52 bits per heavy atom. The van der Waals surface area contributed by atoms with Gasteiger partial charge in [0, 0.05) is 38.7 Å². The Bertz CT molecular complexity index is 577. The fourth-order valence-electron chi connectivity index (χ4n) is 1.63. The van der Waals surface area contributed by atoms with Crippen LogP contribution in [-0.4, -0.2) is 37.4 Å². The van der Waals surface area contributed by atoms with Gasteiger partial charge in [0.05, 0.1) is 9.95 Å². The molecule has 21 heavy (non-hydrogen) atoms. The van der Waals surface area contributed by atoms with Crippen molar-refractivity contribution in [2.24, 2.45) is 0 Å². The van der Waals surface area contributed by atoms with Crippen LogP contribution in [0.25, 0.3) is 0 Å². The smallest absolute Gasteiger partial charge is 0.294 e. The molecule has 0 unspecified atom stereocenters. The molecule has 0 spiro atoms. The number of nitro benzene ring substituents is 1. The highest BCUT2D eigenvalue weighted by Gasteiger charge is 2.20. The van der Waals surface area contributed by atoms with Crippen LogP contribution in [-0.2, 0) is 4.79 Å². The minimum absolute atomic E-state index is 0.0580. The number of hydrogen-bond donors (Lipinski definition) is 3. The van der Waals surface area contributed by atoms with Crippen LogP contribution in [0, 0.1) is 10.1 Å². The molecule has 0 aliphatic heterocycles. The highest BCUT2D eigenvalue weighted by atomic mass is 35.5. The highest BCUT2D eigenvalue weighted by Crippen LogP contribution is 2.33. The van der Waals surface area contributed by atoms with Crippen LogP contribution < -0.4 is 16.0 Å². The first-order chi connectivity index (χ1) is 9.90. The summed E-state index contributed by atoms with van der Waals surface area (Å²) in [5, 5.41) is 18.6. The Kier molecular flexibility index (Phi) is 5.92. The van der Waals surface area contributed by atoms with E-state index in [4.69, 9.17) is 11.6 Å². The molecule has 0 saturated carbocycles. The largest absolute Gasteiger partial charge is 0.381 e. The first-order valence-corrected chi connectivity index (χ1v) is 6.43. The average Bonchev–Trinajstić information content (AvgIpc) is 2.45. The zero-order valence-corrected chi connectivity index (χ0v) is 12.3. The van der Waals surface area contributed by atoms with E-state index in [-0.39, 0.29) is 40.8 Å². The van der Waals surface area contributed by atoms with E-state index in [0.717, 1.165) is 6.07 Å². The molecular weight excluding hydrogens is 300 g/mol. The van der Waals surface area contributed by atoms with Gasteiger partial charge in [-0.1, -0.05) is 11.6 Å². The maximum absolute atomic E-state index is 11.9. The van der Waals surface area contributed by atoms with Gasteiger partial charge in [-0.05, 0) is 6.07 Å². The van der Waals surface area contributed by atoms with E-state index in [9.17, 15) is 19.7 Å². The molecule has 0 bridgehead atoms. The van der Waals surface area contributed by atoms with Gasteiger partial charge in [-0.3, -0.25) is 19.7 Å². The minimum Gasteiger partial charge on any atom is -0.381 e. The summed E-state index contributed by atoms with van der Waals surface area (Å²) in [4.78, 5) is 33.3. The maximum atomic E-state index is 11.9. The molecule has 0 saturated heterocycles. The van der Waals surface area contributed by atoms with Gasteiger partial charge in [0.15, 0.2) is 0 Å². The van der Waals surface area contributed by atoms with Crippen molar-refractivity contribution in [3.05, 3.63) is 32.8 Å².